The molecule has 0 spiro atoms. The van der Waals surface area contributed by atoms with Gasteiger partial charge in [0.1, 0.15) is 0 Å². The standard InChI is InChI=1S/C31H28N2O2/c32-33-25-16-23(20-10-4-1-5-11-20)18-27(34)30(25)29(22-14-8-3-9-15-22)31-26(33)17-24(19-28(31)35)21-12-6-2-7-13-21/h1-15,23-24,29H,16-19,32H2. The van der Waals surface area contributed by atoms with Gasteiger partial charge in [0.15, 0.2) is 11.6 Å². The average molecular weight is 461 g/mol. The molecule has 1 heterocycles. The highest BCUT2D eigenvalue weighted by Gasteiger charge is 2.46. The number of carbonyl (C=O) groups excluding carboxylic acids is 2. The van der Waals surface area contributed by atoms with Crippen LogP contribution in [0.5, 0.6) is 0 Å². The summed E-state index contributed by atoms with van der Waals surface area (Å²) in [4.78, 5) is 27.5. The number of rotatable bonds is 3. The number of Topliss-reactive ketones (excluding diaryl/α,β-unsaturated/α-hetero) is 2. The molecule has 35 heavy (non-hydrogen) atoms. The van der Waals surface area contributed by atoms with Crippen LogP contribution in [0.1, 0.15) is 60.1 Å². The minimum absolute atomic E-state index is 0.0799. The Morgan fingerprint density at radius 2 is 0.914 bits per heavy atom. The van der Waals surface area contributed by atoms with Crippen molar-refractivity contribution in [2.75, 3.05) is 0 Å². The summed E-state index contributed by atoms with van der Waals surface area (Å²) in [5.41, 5.74) is 6.43. The van der Waals surface area contributed by atoms with Crippen molar-refractivity contribution in [3.63, 3.8) is 0 Å². The molecule has 6 rings (SSSR count). The highest BCUT2D eigenvalue weighted by molar-refractivity contribution is 6.06. The van der Waals surface area contributed by atoms with E-state index in [1.807, 2.05) is 66.7 Å². The van der Waals surface area contributed by atoms with E-state index >= 15 is 0 Å². The first-order valence-electron chi connectivity index (χ1n) is 12.3. The third-order valence-electron chi connectivity index (χ3n) is 7.80. The van der Waals surface area contributed by atoms with E-state index in [2.05, 4.69) is 24.3 Å². The van der Waals surface area contributed by atoms with Gasteiger partial charge in [0.2, 0.25) is 0 Å². The van der Waals surface area contributed by atoms with Crippen molar-refractivity contribution in [1.82, 2.24) is 5.01 Å². The van der Waals surface area contributed by atoms with Gasteiger partial charge in [0, 0.05) is 41.3 Å². The van der Waals surface area contributed by atoms with E-state index in [-0.39, 0.29) is 29.3 Å². The van der Waals surface area contributed by atoms with Crippen molar-refractivity contribution in [3.8, 4) is 0 Å². The van der Waals surface area contributed by atoms with E-state index in [1.54, 1.807) is 5.01 Å². The van der Waals surface area contributed by atoms with E-state index in [4.69, 9.17) is 5.84 Å². The second kappa shape index (κ2) is 8.79. The molecule has 0 aromatic heterocycles. The van der Waals surface area contributed by atoms with Crippen LogP contribution in [0.25, 0.3) is 0 Å². The van der Waals surface area contributed by atoms with Gasteiger partial charge in [0.05, 0.1) is 0 Å². The maximum Gasteiger partial charge on any atom is 0.162 e. The molecule has 0 saturated carbocycles. The Balaban J connectivity index is 1.47. The zero-order valence-electron chi connectivity index (χ0n) is 19.6. The molecular weight excluding hydrogens is 432 g/mol. The Bertz CT molecular complexity index is 1260. The molecule has 4 heteroatoms. The van der Waals surface area contributed by atoms with E-state index in [0.29, 0.717) is 36.8 Å². The number of carbonyl (C=O) groups is 2. The van der Waals surface area contributed by atoms with Gasteiger partial charge < -0.3 is 0 Å². The van der Waals surface area contributed by atoms with Crippen molar-refractivity contribution in [2.24, 2.45) is 5.84 Å². The first-order chi connectivity index (χ1) is 17.1. The second-order valence-electron chi connectivity index (χ2n) is 9.81. The summed E-state index contributed by atoms with van der Waals surface area (Å²) in [6.45, 7) is 0. The summed E-state index contributed by atoms with van der Waals surface area (Å²) in [7, 11) is 0. The number of hydrazine groups is 1. The molecule has 2 unspecified atom stereocenters. The lowest BCUT2D eigenvalue weighted by Gasteiger charge is -2.44. The number of hydrogen-bond donors (Lipinski definition) is 1. The number of nitrogens with zero attached hydrogens (tertiary/aromatic N) is 1. The van der Waals surface area contributed by atoms with Crippen LogP contribution in [-0.4, -0.2) is 16.6 Å². The Hall–Kier alpha value is -3.76. The summed E-state index contributed by atoms with van der Waals surface area (Å²) < 4.78 is 0. The third-order valence-corrected chi connectivity index (χ3v) is 7.80. The fourth-order valence-corrected chi connectivity index (χ4v) is 6.14. The second-order valence-corrected chi connectivity index (χ2v) is 9.81. The molecule has 0 saturated heterocycles. The van der Waals surface area contributed by atoms with Crippen molar-refractivity contribution >= 4 is 11.6 Å². The molecule has 3 aromatic rings. The topological polar surface area (TPSA) is 63.4 Å². The number of nitrogens with two attached hydrogens (primary N) is 1. The van der Waals surface area contributed by atoms with E-state index < -0.39 is 0 Å². The first kappa shape index (κ1) is 21.8. The Morgan fingerprint density at radius 1 is 0.543 bits per heavy atom. The zero-order valence-corrected chi connectivity index (χ0v) is 19.6. The third kappa shape index (κ3) is 3.75. The predicted octanol–water partition coefficient (Wildman–Crippen LogP) is 5.76. The van der Waals surface area contributed by atoms with Gasteiger partial charge in [-0.05, 0) is 41.4 Å². The van der Waals surface area contributed by atoms with Crippen LogP contribution in [0.4, 0.5) is 0 Å². The number of ketones is 2. The molecule has 0 bridgehead atoms. The molecule has 174 valence electrons. The van der Waals surface area contributed by atoms with Gasteiger partial charge in [0.25, 0.3) is 0 Å². The number of hydrogen-bond acceptors (Lipinski definition) is 4. The SMILES string of the molecule is NN1C2=C(C(=O)CC(c3ccccc3)C2)C(c2ccccc2)C2=C1CC(c1ccccc1)CC2=O. The largest absolute Gasteiger partial charge is 0.294 e. The molecule has 1 aliphatic heterocycles. The van der Waals surface area contributed by atoms with Crippen LogP contribution in [0.2, 0.25) is 0 Å². The van der Waals surface area contributed by atoms with Crippen molar-refractivity contribution < 1.29 is 9.59 Å². The molecule has 0 amide bonds. The van der Waals surface area contributed by atoms with Gasteiger partial charge in [-0.3, -0.25) is 14.6 Å². The zero-order chi connectivity index (χ0) is 23.9. The quantitative estimate of drug-likeness (QED) is 0.505. The minimum atomic E-state index is -0.352. The van der Waals surface area contributed by atoms with Crippen LogP contribution in [0.3, 0.4) is 0 Å². The lowest BCUT2D eigenvalue weighted by molar-refractivity contribution is -0.117. The molecular formula is C31H28N2O2. The summed E-state index contributed by atoms with van der Waals surface area (Å²) in [6, 6.07) is 30.4. The van der Waals surface area contributed by atoms with Crippen molar-refractivity contribution in [2.45, 2.75) is 43.4 Å². The smallest absolute Gasteiger partial charge is 0.162 e. The van der Waals surface area contributed by atoms with Gasteiger partial charge in [-0.25, -0.2) is 5.84 Å². The molecule has 4 nitrogen and oxygen atoms in total. The van der Waals surface area contributed by atoms with E-state index in [1.165, 1.54) is 0 Å². The molecule has 2 atom stereocenters. The average Bonchev–Trinajstić information content (AvgIpc) is 2.91. The van der Waals surface area contributed by atoms with E-state index in [9.17, 15) is 9.59 Å². The van der Waals surface area contributed by atoms with Crippen LogP contribution in [0, 0.1) is 0 Å². The fraction of sp³-hybridized carbons (Fsp3) is 0.226. The highest BCUT2D eigenvalue weighted by Crippen LogP contribution is 2.52. The Morgan fingerprint density at radius 3 is 1.31 bits per heavy atom. The Labute approximate surface area is 205 Å². The molecule has 3 aromatic carbocycles. The van der Waals surface area contributed by atoms with Crippen molar-refractivity contribution in [3.05, 3.63) is 130 Å². The lowest BCUT2D eigenvalue weighted by Crippen LogP contribution is -2.44. The molecule has 0 fully saturated rings. The monoisotopic (exact) mass is 460 g/mol. The van der Waals surface area contributed by atoms with Crippen LogP contribution >= 0.6 is 0 Å². The van der Waals surface area contributed by atoms with Gasteiger partial charge in [-0.2, -0.15) is 0 Å². The van der Waals surface area contributed by atoms with E-state index in [0.717, 1.165) is 28.1 Å². The maximum absolute atomic E-state index is 13.7. The van der Waals surface area contributed by atoms with Crippen LogP contribution < -0.4 is 5.84 Å². The van der Waals surface area contributed by atoms with Crippen LogP contribution in [0.15, 0.2) is 114 Å². The molecule has 2 N–H and O–H groups in total. The lowest BCUT2D eigenvalue weighted by atomic mass is 9.67. The van der Waals surface area contributed by atoms with Gasteiger partial charge in [-0.1, -0.05) is 91.0 Å². The predicted molar refractivity (Wildman–Crippen MR) is 136 cm³/mol. The fourth-order valence-electron chi connectivity index (χ4n) is 6.14. The van der Waals surface area contributed by atoms with Crippen LogP contribution in [-0.2, 0) is 9.59 Å². The van der Waals surface area contributed by atoms with Gasteiger partial charge >= 0.3 is 0 Å². The Kier molecular flexibility index (Phi) is 5.46. The summed E-state index contributed by atoms with van der Waals surface area (Å²) in [5, 5.41) is 1.70. The summed E-state index contributed by atoms with van der Waals surface area (Å²) in [6.07, 6.45) is 2.24. The first-order valence-corrected chi connectivity index (χ1v) is 12.3. The molecule has 3 aliphatic rings. The number of allylic oxidation sites excluding steroid dienone is 4. The van der Waals surface area contributed by atoms with Crippen molar-refractivity contribution in [1.29, 1.82) is 0 Å². The maximum atomic E-state index is 13.7. The highest BCUT2D eigenvalue weighted by atomic mass is 16.1. The number of benzene rings is 3. The van der Waals surface area contributed by atoms with Gasteiger partial charge in [-0.15, -0.1) is 0 Å². The minimum Gasteiger partial charge on any atom is -0.294 e. The summed E-state index contributed by atoms with van der Waals surface area (Å²) in [5.74, 6) is 6.79. The normalized spacial score (nSPS) is 24.4. The molecule has 0 radical (unpaired) electrons. The molecule has 2 aliphatic carbocycles. The summed E-state index contributed by atoms with van der Waals surface area (Å²) >= 11 is 0.